The Kier molecular flexibility index (Phi) is 7.23. The van der Waals surface area contributed by atoms with Crippen molar-refractivity contribution in [1.29, 1.82) is 0 Å². The lowest BCUT2D eigenvalue weighted by Gasteiger charge is -2.19. The van der Waals surface area contributed by atoms with Gasteiger partial charge in [-0.05, 0) is 25.8 Å². The third-order valence-corrected chi connectivity index (χ3v) is 3.41. The molecule has 0 unspecified atom stereocenters. The van der Waals surface area contributed by atoms with Gasteiger partial charge >= 0.3 is 0 Å². The van der Waals surface area contributed by atoms with Gasteiger partial charge in [-0.25, -0.2) is 0 Å². The molecule has 0 bridgehead atoms. The minimum absolute atomic E-state index is 0.191. The number of carbonyl (C=O) groups excluding carboxylic acids is 1. The Bertz CT molecular complexity index is 186. The van der Waals surface area contributed by atoms with Gasteiger partial charge in [0.15, 0.2) is 0 Å². The molecule has 1 aliphatic carbocycles. The monoisotopic (exact) mass is 226 g/mol. The summed E-state index contributed by atoms with van der Waals surface area (Å²) in [5, 5.41) is 6.05. The predicted molar refractivity (Wildman–Crippen MR) is 67.4 cm³/mol. The molecule has 0 spiro atoms. The minimum atomic E-state index is 0.191. The van der Waals surface area contributed by atoms with E-state index in [-0.39, 0.29) is 5.91 Å². The molecule has 2 N–H and O–H groups in total. The fraction of sp³-hybridized carbons (Fsp3) is 0.923. The van der Waals surface area contributed by atoms with Crippen LogP contribution < -0.4 is 10.6 Å². The summed E-state index contributed by atoms with van der Waals surface area (Å²) in [7, 11) is 1.88. The van der Waals surface area contributed by atoms with E-state index in [1.165, 1.54) is 44.9 Å². The summed E-state index contributed by atoms with van der Waals surface area (Å²) in [4.78, 5) is 11.4. The second-order valence-electron chi connectivity index (χ2n) is 4.87. The average molecular weight is 226 g/mol. The highest BCUT2D eigenvalue weighted by atomic mass is 16.1. The number of amides is 1. The van der Waals surface area contributed by atoms with Gasteiger partial charge in [0.1, 0.15) is 0 Å². The van der Waals surface area contributed by atoms with Gasteiger partial charge in [0, 0.05) is 19.5 Å². The standard InChI is InChI=1S/C13H26N2O/c1-14-10-9-13(16)15-11-12-7-5-3-2-4-6-8-12/h12,14H,2-11H2,1H3,(H,15,16). The van der Waals surface area contributed by atoms with Crippen LogP contribution >= 0.6 is 0 Å². The molecule has 0 aromatic rings. The van der Waals surface area contributed by atoms with Gasteiger partial charge in [0.25, 0.3) is 0 Å². The van der Waals surface area contributed by atoms with Gasteiger partial charge in [-0.2, -0.15) is 0 Å². The quantitative estimate of drug-likeness (QED) is 0.753. The number of carbonyl (C=O) groups is 1. The Morgan fingerprint density at radius 3 is 2.38 bits per heavy atom. The highest BCUT2D eigenvalue weighted by Gasteiger charge is 2.12. The van der Waals surface area contributed by atoms with Crippen molar-refractivity contribution in [3.8, 4) is 0 Å². The first-order valence-corrected chi connectivity index (χ1v) is 6.74. The molecule has 1 amide bonds. The first kappa shape index (κ1) is 13.5. The molecule has 0 heterocycles. The van der Waals surface area contributed by atoms with Crippen molar-refractivity contribution in [1.82, 2.24) is 10.6 Å². The van der Waals surface area contributed by atoms with Crippen molar-refractivity contribution in [2.24, 2.45) is 5.92 Å². The lowest BCUT2D eigenvalue weighted by Crippen LogP contribution is -2.31. The van der Waals surface area contributed by atoms with Gasteiger partial charge in [-0.3, -0.25) is 4.79 Å². The van der Waals surface area contributed by atoms with Crippen LogP contribution in [0, 0.1) is 5.92 Å². The Labute approximate surface area is 99.4 Å². The molecule has 0 aromatic heterocycles. The number of rotatable bonds is 5. The van der Waals surface area contributed by atoms with Gasteiger partial charge < -0.3 is 10.6 Å². The van der Waals surface area contributed by atoms with Crippen LogP contribution in [0.1, 0.15) is 51.4 Å². The fourth-order valence-corrected chi connectivity index (χ4v) is 2.33. The maximum absolute atomic E-state index is 11.4. The molecule has 0 saturated heterocycles. The van der Waals surface area contributed by atoms with E-state index in [2.05, 4.69) is 10.6 Å². The molecule has 94 valence electrons. The van der Waals surface area contributed by atoms with Crippen LogP contribution in [0.2, 0.25) is 0 Å². The van der Waals surface area contributed by atoms with Crippen molar-refractivity contribution in [2.45, 2.75) is 51.4 Å². The molecule has 3 heteroatoms. The van der Waals surface area contributed by atoms with Crippen LogP contribution in [0.25, 0.3) is 0 Å². The average Bonchev–Trinajstić information content (AvgIpc) is 2.25. The number of hydrogen-bond donors (Lipinski definition) is 2. The van der Waals surface area contributed by atoms with E-state index < -0.39 is 0 Å². The largest absolute Gasteiger partial charge is 0.356 e. The molecule has 1 fully saturated rings. The molecule has 0 aliphatic heterocycles. The van der Waals surface area contributed by atoms with Crippen molar-refractivity contribution < 1.29 is 4.79 Å². The molecular formula is C13H26N2O. The molecule has 1 saturated carbocycles. The van der Waals surface area contributed by atoms with Gasteiger partial charge in [-0.1, -0.05) is 32.1 Å². The third kappa shape index (κ3) is 6.11. The zero-order valence-electron chi connectivity index (χ0n) is 10.6. The fourth-order valence-electron chi connectivity index (χ4n) is 2.33. The van der Waals surface area contributed by atoms with Crippen LogP contribution in [-0.4, -0.2) is 26.0 Å². The summed E-state index contributed by atoms with van der Waals surface area (Å²) < 4.78 is 0. The summed E-state index contributed by atoms with van der Waals surface area (Å²) in [6.07, 6.45) is 10.0. The highest BCUT2D eigenvalue weighted by Crippen LogP contribution is 2.21. The van der Waals surface area contributed by atoms with Crippen LogP contribution in [-0.2, 0) is 4.79 Å². The summed E-state index contributed by atoms with van der Waals surface area (Å²) in [5.74, 6) is 0.912. The molecule has 1 aliphatic rings. The second-order valence-corrected chi connectivity index (χ2v) is 4.87. The molecule has 0 atom stereocenters. The highest BCUT2D eigenvalue weighted by molar-refractivity contribution is 5.76. The Morgan fingerprint density at radius 2 is 1.75 bits per heavy atom. The van der Waals surface area contributed by atoms with Crippen molar-refractivity contribution >= 4 is 5.91 Å². The molecule has 3 nitrogen and oxygen atoms in total. The lowest BCUT2D eigenvalue weighted by atomic mass is 9.91. The van der Waals surface area contributed by atoms with Crippen LogP contribution in [0.15, 0.2) is 0 Å². The predicted octanol–water partition coefficient (Wildman–Crippen LogP) is 2.07. The molecule has 0 aromatic carbocycles. The summed E-state index contributed by atoms with van der Waals surface area (Å²) in [5.41, 5.74) is 0. The number of hydrogen-bond acceptors (Lipinski definition) is 2. The zero-order chi connectivity index (χ0) is 11.6. The Hall–Kier alpha value is -0.570. The van der Waals surface area contributed by atoms with Crippen molar-refractivity contribution in [2.75, 3.05) is 20.1 Å². The van der Waals surface area contributed by atoms with Crippen molar-refractivity contribution in [3.05, 3.63) is 0 Å². The van der Waals surface area contributed by atoms with E-state index >= 15 is 0 Å². The van der Waals surface area contributed by atoms with Gasteiger partial charge in [0.05, 0.1) is 0 Å². The van der Waals surface area contributed by atoms with Crippen molar-refractivity contribution in [3.63, 3.8) is 0 Å². The topological polar surface area (TPSA) is 41.1 Å². The van der Waals surface area contributed by atoms with E-state index in [4.69, 9.17) is 0 Å². The number of nitrogens with one attached hydrogen (secondary N) is 2. The van der Waals surface area contributed by atoms with Crippen LogP contribution in [0.3, 0.4) is 0 Å². The molecule has 1 rings (SSSR count). The van der Waals surface area contributed by atoms with E-state index in [0.717, 1.165) is 19.0 Å². The minimum Gasteiger partial charge on any atom is -0.356 e. The normalized spacial score (nSPS) is 18.8. The molecule has 0 radical (unpaired) electrons. The summed E-state index contributed by atoms with van der Waals surface area (Å²) >= 11 is 0. The van der Waals surface area contributed by atoms with Crippen LogP contribution in [0.5, 0.6) is 0 Å². The van der Waals surface area contributed by atoms with Gasteiger partial charge in [0.2, 0.25) is 5.91 Å². The van der Waals surface area contributed by atoms with E-state index in [1.807, 2.05) is 7.05 Å². The van der Waals surface area contributed by atoms with E-state index in [9.17, 15) is 4.79 Å². The maximum Gasteiger partial charge on any atom is 0.221 e. The third-order valence-electron chi connectivity index (χ3n) is 3.41. The lowest BCUT2D eigenvalue weighted by molar-refractivity contribution is -0.121. The first-order valence-electron chi connectivity index (χ1n) is 6.74. The van der Waals surface area contributed by atoms with E-state index in [0.29, 0.717) is 6.42 Å². The molecular weight excluding hydrogens is 200 g/mol. The second kappa shape index (κ2) is 8.57. The summed E-state index contributed by atoms with van der Waals surface area (Å²) in [6, 6.07) is 0. The Morgan fingerprint density at radius 1 is 1.12 bits per heavy atom. The van der Waals surface area contributed by atoms with Gasteiger partial charge in [-0.15, -0.1) is 0 Å². The first-order chi connectivity index (χ1) is 7.83. The van der Waals surface area contributed by atoms with E-state index in [1.54, 1.807) is 0 Å². The summed E-state index contributed by atoms with van der Waals surface area (Å²) in [6.45, 7) is 1.67. The van der Waals surface area contributed by atoms with Crippen LogP contribution in [0.4, 0.5) is 0 Å². The SMILES string of the molecule is CNCCC(=O)NCC1CCCCCCC1. The smallest absolute Gasteiger partial charge is 0.221 e. The Balaban J connectivity index is 2.11. The zero-order valence-corrected chi connectivity index (χ0v) is 10.6. The molecule has 16 heavy (non-hydrogen) atoms. The maximum atomic E-state index is 11.4.